The normalized spacial score (nSPS) is 11.1. The van der Waals surface area contributed by atoms with Crippen molar-refractivity contribution >= 4 is 33.7 Å². The van der Waals surface area contributed by atoms with E-state index in [1.807, 2.05) is 72.8 Å². The molecule has 5 aromatic rings. The maximum absolute atomic E-state index is 6.13. The van der Waals surface area contributed by atoms with Gasteiger partial charge < -0.3 is 28.4 Å². The minimum absolute atomic E-state index is 0.566. The van der Waals surface area contributed by atoms with Crippen LogP contribution in [0, 0.1) is 0 Å². The summed E-state index contributed by atoms with van der Waals surface area (Å²) in [7, 11) is 6.47. The van der Waals surface area contributed by atoms with Crippen LogP contribution < -0.4 is 28.4 Å². The minimum Gasteiger partial charge on any atom is -0.494 e. The van der Waals surface area contributed by atoms with Crippen LogP contribution in [0.4, 0.5) is 0 Å². The molecule has 0 N–H and O–H groups in total. The molecular weight excluding hydrogens is 586 g/mol. The van der Waals surface area contributed by atoms with Gasteiger partial charge in [0.05, 0.1) is 51.9 Å². The number of ether oxygens (including phenoxy) is 6. The first kappa shape index (κ1) is 31.7. The number of aromatic nitrogens is 1. The van der Waals surface area contributed by atoms with Crippen LogP contribution >= 0.6 is 11.3 Å². The number of fused-ring (bicyclic) bond motifs is 1. The Balaban J connectivity index is 1.07. The van der Waals surface area contributed by atoms with E-state index in [0.29, 0.717) is 36.2 Å². The molecule has 0 aliphatic carbocycles. The number of methoxy groups -OCH3 is 4. The van der Waals surface area contributed by atoms with Gasteiger partial charge in [0.25, 0.3) is 0 Å². The number of unbranched alkanes of at least 4 members (excludes halogenated alkanes) is 3. The highest BCUT2D eigenvalue weighted by atomic mass is 32.1. The first-order chi connectivity index (χ1) is 22.1. The lowest BCUT2D eigenvalue weighted by Gasteiger charge is -2.13. The molecule has 0 aliphatic heterocycles. The van der Waals surface area contributed by atoms with Gasteiger partial charge in [-0.3, -0.25) is 0 Å². The Labute approximate surface area is 269 Å². The van der Waals surface area contributed by atoms with Crippen LogP contribution in [-0.2, 0) is 0 Å². The fraction of sp³-hybridized carbons (Fsp3) is 0.270. The van der Waals surface area contributed by atoms with Gasteiger partial charge in [-0.25, -0.2) is 4.98 Å². The van der Waals surface area contributed by atoms with E-state index in [2.05, 4.69) is 18.2 Å². The Morgan fingerprint density at radius 1 is 0.600 bits per heavy atom. The van der Waals surface area contributed by atoms with Crippen molar-refractivity contribution in [3.05, 3.63) is 90.0 Å². The van der Waals surface area contributed by atoms with Crippen LogP contribution in [-0.4, -0.2) is 46.6 Å². The van der Waals surface area contributed by atoms with Gasteiger partial charge in [-0.05, 0) is 85.3 Å². The minimum atomic E-state index is 0.566. The van der Waals surface area contributed by atoms with Crippen molar-refractivity contribution in [2.24, 2.45) is 0 Å². The zero-order valence-corrected chi connectivity index (χ0v) is 27.0. The number of thiazole rings is 1. The van der Waals surface area contributed by atoms with Crippen LogP contribution in [0.25, 0.3) is 32.9 Å². The summed E-state index contributed by atoms with van der Waals surface area (Å²) in [6.45, 7) is 1.29. The number of hydrogen-bond acceptors (Lipinski definition) is 8. The molecule has 0 fully saturated rings. The summed E-state index contributed by atoms with van der Waals surface area (Å²) in [5.41, 5.74) is 4.03. The highest BCUT2D eigenvalue weighted by Gasteiger charge is 2.12. The predicted molar refractivity (Wildman–Crippen MR) is 183 cm³/mol. The van der Waals surface area contributed by atoms with Crippen molar-refractivity contribution < 1.29 is 28.4 Å². The van der Waals surface area contributed by atoms with Gasteiger partial charge in [-0.1, -0.05) is 42.5 Å². The molecule has 8 heteroatoms. The third-order valence-corrected chi connectivity index (χ3v) is 8.37. The first-order valence-electron chi connectivity index (χ1n) is 15.0. The van der Waals surface area contributed by atoms with Crippen molar-refractivity contribution in [3.63, 3.8) is 0 Å². The van der Waals surface area contributed by atoms with E-state index < -0.39 is 0 Å². The lowest BCUT2D eigenvalue weighted by molar-refractivity contribution is 0.277. The molecule has 45 heavy (non-hydrogen) atoms. The second kappa shape index (κ2) is 15.9. The summed E-state index contributed by atoms with van der Waals surface area (Å²) in [4.78, 5) is 4.77. The zero-order valence-electron chi connectivity index (χ0n) is 26.2. The second-order valence-electron chi connectivity index (χ2n) is 10.3. The quantitative estimate of drug-likeness (QED) is 0.0800. The van der Waals surface area contributed by atoms with E-state index in [-0.39, 0.29) is 0 Å². The summed E-state index contributed by atoms with van der Waals surface area (Å²) in [5, 5.41) is 1.01. The topological polar surface area (TPSA) is 68.3 Å². The summed E-state index contributed by atoms with van der Waals surface area (Å²) in [6.07, 6.45) is 8.06. The van der Waals surface area contributed by atoms with Gasteiger partial charge in [0, 0.05) is 5.56 Å². The number of rotatable bonds is 16. The van der Waals surface area contributed by atoms with Crippen LogP contribution in [0.3, 0.4) is 0 Å². The van der Waals surface area contributed by atoms with Crippen molar-refractivity contribution in [1.29, 1.82) is 0 Å². The van der Waals surface area contributed by atoms with Gasteiger partial charge in [-0.15, -0.1) is 11.3 Å². The van der Waals surface area contributed by atoms with Crippen LogP contribution in [0.5, 0.6) is 34.5 Å². The predicted octanol–water partition coefficient (Wildman–Crippen LogP) is 9.19. The molecule has 4 aromatic carbocycles. The Kier molecular flexibility index (Phi) is 11.2. The van der Waals surface area contributed by atoms with E-state index >= 15 is 0 Å². The molecule has 0 aliphatic rings. The lowest BCUT2D eigenvalue weighted by Crippen LogP contribution is -2.01. The molecule has 0 saturated heterocycles. The van der Waals surface area contributed by atoms with Gasteiger partial charge in [0.15, 0.2) is 23.0 Å². The van der Waals surface area contributed by atoms with Gasteiger partial charge >= 0.3 is 0 Å². The van der Waals surface area contributed by atoms with Crippen molar-refractivity contribution in [1.82, 2.24) is 4.98 Å². The Morgan fingerprint density at radius 2 is 1.29 bits per heavy atom. The fourth-order valence-electron chi connectivity index (χ4n) is 4.94. The molecule has 0 unspecified atom stereocenters. The Hall–Kier alpha value is -4.69. The number of benzene rings is 4. The number of hydrogen-bond donors (Lipinski definition) is 0. The number of nitrogens with zero attached hydrogens (tertiary/aromatic N) is 1. The summed E-state index contributed by atoms with van der Waals surface area (Å²) >= 11 is 1.70. The highest BCUT2D eigenvalue weighted by molar-refractivity contribution is 7.21. The molecule has 0 atom stereocenters. The van der Waals surface area contributed by atoms with Gasteiger partial charge in [0.1, 0.15) is 10.8 Å². The standard InChI is InChI=1S/C37H39NO6S/c1-39-31-19-18-26(16-17-27-23-33(40-2)36(42-4)34(24-27)41-3)22-32(31)44-21-10-6-5-9-20-43-29-13-11-12-28(25-29)37-38-30-14-7-8-15-35(30)45-37/h7-8,11-19,22-25H,5-6,9-10,20-21H2,1-4H3. The fourth-order valence-corrected chi connectivity index (χ4v) is 5.91. The highest BCUT2D eigenvalue weighted by Crippen LogP contribution is 2.39. The van der Waals surface area contributed by atoms with E-state index in [4.69, 9.17) is 33.4 Å². The molecular formula is C37H39NO6S. The van der Waals surface area contributed by atoms with Crippen LogP contribution in [0.2, 0.25) is 0 Å². The van der Waals surface area contributed by atoms with Crippen molar-refractivity contribution in [2.45, 2.75) is 25.7 Å². The molecule has 234 valence electrons. The third-order valence-electron chi connectivity index (χ3n) is 7.28. The summed E-state index contributed by atoms with van der Waals surface area (Å²) in [6, 6.07) is 26.1. The molecule has 5 rings (SSSR count). The number of para-hydroxylation sites is 1. The molecule has 0 amide bonds. The Morgan fingerprint density at radius 3 is 2.00 bits per heavy atom. The SMILES string of the molecule is COc1ccc(C=Cc2cc(OC)c(OC)c(OC)c2)cc1OCCCCCCOc1cccc(-c2nc3ccccc3s2)c1. The molecule has 0 spiro atoms. The maximum Gasteiger partial charge on any atom is 0.203 e. The van der Waals surface area contributed by atoms with E-state index in [1.165, 1.54) is 4.70 Å². The average molecular weight is 626 g/mol. The molecule has 7 nitrogen and oxygen atoms in total. The van der Waals surface area contributed by atoms with Gasteiger partial charge in [0.2, 0.25) is 5.75 Å². The molecule has 0 saturated carbocycles. The van der Waals surface area contributed by atoms with Crippen molar-refractivity contribution in [3.8, 4) is 45.1 Å². The smallest absolute Gasteiger partial charge is 0.203 e. The first-order valence-corrected chi connectivity index (χ1v) is 15.8. The van der Waals surface area contributed by atoms with E-state index in [1.54, 1.807) is 39.8 Å². The largest absolute Gasteiger partial charge is 0.494 e. The average Bonchev–Trinajstić information content (AvgIpc) is 3.53. The maximum atomic E-state index is 6.13. The molecule has 0 radical (unpaired) electrons. The summed E-state index contributed by atoms with van der Waals surface area (Å²) in [5.74, 6) is 4.09. The molecule has 0 bridgehead atoms. The molecule has 1 aromatic heterocycles. The third kappa shape index (κ3) is 8.28. The Bertz CT molecular complexity index is 1670. The van der Waals surface area contributed by atoms with E-state index in [9.17, 15) is 0 Å². The zero-order chi connectivity index (χ0) is 31.4. The monoisotopic (exact) mass is 625 g/mol. The lowest BCUT2D eigenvalue weighted by atomic mass is 10.1. The molecule has 1 heterocycles. The summed E-state index contributed by atoms with van der Waals surface area (Å²) < 4.78 is 35.3. The van der Waals surface area contributed by atoms with Crippen molar-refractivity contribution in [2.75, 3.05) is 41.7 Å². The van der Waals surface area contributed by atoms with Crippen LogP contribution in [0.1, 0.15) is 36.8 Å². The second-order valence-corrected chi connectivity index (χ2v) is 11.4. The van der Waals surface area contributed by atoms with Gasteiger partial charge in [-0.2, -0.15) is 0 Å². The van der Waals surface area contributed by atoms with E-state index in [0.717, 1.165) is 64.4 Å². The van der Waals surface area contributed by atoms with Crippen LogP contribution in [0.15, 0.2) is 78.9 Å².